The molecule has 0 aliphatic carbocycles. The lowest BCUT2D eigenvalue weighted by molar-refractivity contribution is 0.0953. The zero-order valence-corrected chi connectivity index (χ0v) is 13.9. The van der Waals surface area contributed by atoms with E-state index in [4.69, 9.17) is 5.73 Å². The second-order valence-corrected chi connectivity index (χ2v) is 6.35. The van der Waals surface area contributed by atoms with Crippen molar-refractivity contribution in [2.75, 3.05) is 12.3 Å². The summed E-state index contributed by atoms with van der Waals surface area (Å²) in [5.41, 5.74) is 6.13. The summed E-state index contributed by atoms with van der Waals surface area (Å²) in [6.07, 6.45) is 7.53. The first-order valence-electron chi connectivity index (χ1n) is 7.20. The van der Waals surface area contributed by atoms with Gasteiger partial charge in [0.25, 0.3) is 5.91 Å². The van der Waals surface area contributed by atoms with E-state index in [-0.39, 0.29) is 11.7 Å². The number of hydrogen-bond donors (Lipinski definition) is 2. The molecule has 1 rings (SSSR count). The van der Waals surface area contributed by atoms with Gasteiger partial charge in [0.1, 0.15) is 5.82 Å². The number of nitrogens with one attached hydrogen (secondary N) is 1. The zero-order chi connectivity index (χ0) is 15.0. The predicted octanol–water partition coefficient (Wildman–Crippen LogP) is 3.76. The van der Waals surface area contributed by atoms with E-state index in [9.17, 15) is 4.79 Å². The lowest BCUT2D eigenvalue weighted by Gasteiger charge is -2.08. The van der Waals surface area contributed by atoms with E-state index in [0.717, 1.165) is 23.2 Å². The van der Waals surface area contributed by atoms with Crippen molar-refractivity contribution in [2.24, 2.45) is 5.92 Å². The standard InChI is InChI=1S/C15H24BrN3O/c1-11(2)7-5-3-4-6-8-18-15(20)13-9-12(16)10-19-14(13)17/h9-11H,3-8H2,1-2H3,(H2,17,19)(H,18,20). The number of unbranched alkanes of at least 4 members (excludes halogenated alkanes) is 3. The molecule has 0 aliphatic heterocycles. The van der Waals surface area contributed by atoms with Gasteiger partial charge in [-0.15, -0.1) is 0 Å². The largest absolute Gasteiger partial charge is 0.383 e. The van der Waals surface area contributed by atoms with Crippen molar-refractivity contribution in [1.82, 2.24) is 10.3 Å². The third kappa shape index (κ3) is 6.37. The highest BCUT2D eigenvalue weighted by atomic mass is 79.9. The molecule has 0 saturated heterocycles. The predicted molar refractivity (Wildman–Crippen MR) is 86.6 cm³/mol. The van der Waals surface area contributed by atoms with Gasteiger partial charge < -0.3 is 11.1 Å². The fourth-order valence-corrected chi connectivity index (χ4v) is 2.29. The van der Waals surface area contributed by atoms with E-state index < -0.39 is 0 Å². The summed E-state index contributed by atoms with van der Waals surface area (Å²) in [6.45, 7) is 5.18. The fraction of sp³-hybridized carbons (Fsp3) is 0.600. The molecule has 112 valence electrons. The summed E-state index contributed by atoms with van der Waals surface area (Å²) in [6, 6.07) is 1.69. The summed E-state index contributed by atoms with van der Waals surface area (Å²) in [5, 5.41) is 2.89. The smallest absolute Gasteiger partial charge is 0.255 e. The van der Waals surface area contributed by atoms with Crippen LogP contribution in [0.2, 0.25) is 0 Å². The molecule has 4 nitrogen and oxygen atoms in total. The van der Waals surface area contributed by atoms with Crippen molar-refractivity contribution < 1.29 is 4.79 Å². The van der Waals surface area contributed by atoms with Crippen LogP contribution >= 0.6 is 15.9 Å². The highest BCUT2D eigenvalue weighted by molar-refractivity contribution is 9.10. The van der Waals surface area contributed by atoms with Crippen LogP contribution < -0.4 is 11.1 Å². The molecular weight excluding hydrogens is 318 g/mol. The van der Waals surface area contributed by atoms with Gasteiger partial charge in [-0.25, -0.2) is 4.98 Å². The van der Waals surface area contributed by atoms with Crippen LogP contribution in [0.4, 0.5) is 5.82 Å². The number of nitrogens with two attached hydrogens (primary N) is 1. The molecule has 0 spiro atoms. The van der Waals surface area contributed by atoms with Gasteiger partial charge in [0, 0.05) is 17.2 Å². The first-order chi connectivity index (χ1) is 9.50. The van der Waals surface area contributed by atoms with Crippen molar-refractivity contribution >= 4 is 27.7 Å². The van der Waals surface area contributed by atoms with Gasteiger partial charge in [0.15, 0.2) is 0 Å². The van der Waals surface area contributed by atoms with Gasteiger partial charge >= 0.3 is 0 Å². The maximum absolute atomic E-state index is 11.9. The van der Waals surface area contributed by atoms with Crippen LogP contribution in [0.5, 0.6) is 0 Å². The number of anilines is 1. The van der Waals surface area contributed by atoms with Crippen molar-refractivity contribution in [2.45, 2.75) is 46.0 Å². The average molecular weight is 342 g/mol. The number of carbonyl (C=O) groups is 1. The van der Waals surface area contributed by atoms with Crippen LogP contribution in [0.25, 0.3) is 0 Å². The number of carbonyl (C=O) groups excluding carboxylic acids is 1. The second-order valence-electron chi connectivity index (χ2n) is 5.44. The number of aromatic nitrogens is 1. The Kier molecular flexibility index (Phi) is 7.59. The first-order valence-corrected chi connectivity index (χ1v) is 7.99. The van der Waals surface area contributed by atoms with Gasteiger partial charge in [-0.05, 0) is 34.3 Å². The Morgan fingerprint density at radius 3 is 2.75 bits per heavy atom. The molecule has 1 aromatic rings. The monoisotopic (exact) mass is 341 g/mol. The SMILES string of the molecule is CC(C)CCCCCCNC(=O)c1cc(Br)cnc1N. The molecular formula is C15H24BrN3O. The fourth-order valence-electron chi connectivity index (χ4n) is 1.96. The Hall–Kier alpha value is -1.10. The number of hydrogen-bond acceptors (Lipinski definition) is 3. The van der Waals surface area contributed by atoms with E-state index in [0.29, 0.717) is 12.1 Å². The maximum Gasteiger partial charge on any atom is 0.255 e. The third-order valence-corrected chi connectivity index (χ3v) is 3.56. The van der Waals surface area contributed by atoms with Crippen LogP contribution in [-0.2, 0) is 0 Å². The van der Waals surface area contributed by atoms with Crippen LogP contribution in [0.15, 0.2) is 16.7 Å². The van der Waals surface area contributed by atoms with Crippen LogP contribution in [0.1, 0.15) is 56.3 Å². The van der Waals surface area contributed by atoms with Crippen molar-refractivity contribution in [3.8, 4) is 0 Å². The molecule has 0 unspecified atom stereocenters. The molecule has 1 amide bonds. The first kappa shape index (κ1) is 17.0. The van der Waals surface area contributed by atoms with Gasteiger partial charge in [-0.1, -0.05) is 39.5 Å². The second kappa shape index (κ2) is 8.95. The highest BCUT2D eigenvalue weighted by Crippen LogP contribution is 2.15. The van der Waals surface area contributed by atoms with E-state index in [1.165, 1.54) is 19.3 Å². The molecule has 1 aromatic heterocycles. The van der Waals surface area contributed by atoms with E-state index in [1.807, 2.05) is 0 Å². The number of rotatable bonds is 8. The average Bonchev–Trinajstić information content (AvgIpc) is 2.39. The minimum absolute atomic E-state index is 0.154. The Bertz CT molecular complexity index is 435. The van der Waals surface area contributed by atoms with E-state index in [1.54, 1.807) is 12.3 Å². The van der Waals surface area contributed by atoms with Crippen molar-refractivity contribution in [1.29, 1.82) is 0 Å². The minimum atomic E-state index is -0.154. The van der Waals surface area contributed by atoms with Gasteiger partial charge in [-0.2, -0.15) is 0 Å². The molecule has 0 aliphatic rings. The molecule has 3 N–H and O–H groups in total. The number of halogens is 1. The Morgan fingerprint density at radius 2 is 2.05 bits per heavy atom. The normalized spacial score (nSPS) is 10.8. The van der Waals surface area contributed by atoms with Crippen LogP contribution in [-0.4, -0.2) is 17.4 Å². The zero-order valence-electron chi connectivity index (χ0n) is 12.3. The van der Waals surface area contributed by atoms with Gasteiger partial charge in [-0.3, -0.25) is 4.79 Å². The molecule has 1 heterocycles. The quantitative estimate of drug-likeness (QED) is 0.707. The van der Waals surface area contributed by atoms with Gasteiger partial charge in [0.2, 0.25) is 0 Å². The molecule has 0 fully saturated rings. The van der Waals surface area contributed by atoms with E-state index in [2.05, 4.69) is 40.1 Å². The number of amides is 1. The number of nitrogens with zero attached hydrogens (tertiary/aromatic N) is 1. The molecule has 0 radical (unpaired) electrons. The number of pyridine rings is 1. The Labute approximate surface area is 129 Å². The van der Waals surface area contributed by atoms with E-state index >= 15 is 0 Å². The Balaban J connectivity index is 2.22. The summed E-state index contributed by atoms with van der Waals surface area (Å²) in [5.74, 6) is 0.891. The van der Waals surface area contributed by atoms with Gasteiger partial charge in [0.05, 0.1) is 5.56 Å². The van der Waals surface area contributed by atoms with Crippen LogP contribution in [0, 0.1) is 5.92 Å². The molecule has 5 heteroatoms. The Morgan fingerprint density at radius 1 is 1.35 bits per heavy atom. The number of nitrogen functional groups attached to an aromatic ring is 1. The molecule has 0 atom stereocenters. The molecule has 0 aromatic carbocycles. The lowest BCUT2D eigenvalue weighted by Crippen LogP contribution is -2.25. The summed E-state index contributed by atoms with van der Waals surface area (Å²) in [7, 11) is 0. The molecule has 0 saturated carbocycles. The van der Waals surface area contributed by atoms with Crippen molar-refractivity contribution in [3.63, 3.8) is 0 Å². The maximum atomic E-state index is 11.9. The van der Waals surface area contributed by atoms with Crippen LogP contribution in [0.3, 0.4) is 0 Å². The summed E-state index contributed by atoms with van der Waals surface area (Å²) >= 11 is 3.29. The summed E-state index contributed by atoms with van der Waals surface area (Å²) < 4.78 is 0.755. The lowest BCUT2D eigenvalue weighted by atomic mass is 10.0. The van der Waals surface area contributed by atoms with Crippen molar-refractivity contribution in [3.05, 3.63) is 22.3 Å². The molecule has 0 bridgehead atoms. The highest BCUT2D eigenvalue weighted by Gasteiger charge is 2.10. The summed E-state index contributed by atoms with van der Waals surface area (Å²) in [4.78, 5) is 15.9. The minimum Gasteiger partial charge on any atom is -0.383 e. The third-order valence-electron chi connectivity index (χ3n) is 3.12. The molecule has 20 heavy (non-hydrogen) atoms. The topological polar surface area (TPSA) is 68.0 Å².